The highest BCUT2D eigenvalue weighted by Gasteiger charge is 2.12. The third kappa shape index (κ3) is 9.26. The van der Waals surface area contributed by atoms with E-state index in [-0.39, 0.29) is 0 Å². The van der Waals surface area contributed by atoms with Gasteiger partial charge in [0.05, 0.1) is 0 Å². The van der Waals surface area contributed by atoms with Crippen molar-refractivity contribution in [1.29, 1.82) is 0 Å². The number of nitrogens with zero attached hydrogens (tertiary/aromatic N) is 3. The van der Waals surface area contributed by atoms with Crippen LogP contribution in [0.1, 0.15) is 48.0 Å². The van der Waals surface area contributed by atoms with E-state index in [0.717, 1.165) is 51.6 Å². The largest absolute Gasteiger partial charge is 0.356 e. The first kappa shape index (κ1) is 21.2. The van der Waals surface area contributed by atoms with E-state index in [1.165, 1.54) is 0 Å². The van der Waals surface area contributed by atoms with Crippen LogP contribution in [0.15, 0.2) is 4.99 Å². The molecular formula is C17H39N5. The standard InChI is InChI=1S/C17H39N5/c1-8-21(9-2)13-10-11-19-17(18-7)20-12-14-22(15(3)4)16(5)6/h15-16H,8-14H2,1-7H3,(H2,18,19,20). The first-order valence-electron chi connectivity index (χ1n) is 8.88. The summed E-state index contributed by atoms with van der Waals surface area (Å²) in [5.74, 6) is 0.909. The van der Waals surface area contributed by atoms with E-state index >= 15 is 0 Å². The molecule has 0 bridgehead atoms. The molecule has 0 aliphatic carbocycles. The summed E-state index contributed by atoms with van der Waals surface area (Å²) in [6, 6.07) is 1.15. The van der Waals surface area contributed by atoms with Crippen molar-refractivity contribution in [2.24, 2.45) is 4.99 Å². The molecule has 0 unspecified atom stereocenters. The van der Waals surface area contributed by atoms with Crippen LogP contribution in [0.3, 0.4) is 0 Å². The van der Waals surface area contributed by atoms with Crippen molar-refractivity contribution in [3.8, 4) is 0 Å². The molecule has 0 spiro atoms. The maximum Gasteiger partial charge on any atom is 0.191 e. The Kier molecular flexibility index (Phi) is 12.2. The molecule has 0 amide bonds. The van der Waals surface area contributed by atoms with Gasteiger partial charge in [0.15, 0.2) is 5.96 Å². The van der Waals surface area contributed by atoms with Crippen LogP contribution in [-0.2, 0) is 0 Å². The highest BCUT2D eigenvalue weighted by molar-refractivity contribution is 5.79. The van der Waals surface area contributed by atoms with Crippen LogP contribution in [0.5, 0.6) is 0 Å². The third-order valence-corrected chi connectivity index (χ3v) is 4.05. The van der Waals surface area contributed by atoms with Gasteiger partial charge in [-0.1, -0.05) is 13.8 Å². The number of hydrogen-bond donors (Lipinski definition) is 2. The number of nitrogens with one attached hydrogen (secondary N) is 2. The Balaban J connectivity index is 3.93. The van der Waals surface area contributed by atoms with Crippen LogP contribution >= 0.6 is 0 Å². The van der Waals surface area contributed by atoms with E-state index in [4.69, 9.17) is 0 Å². The average molecular weight is 314 g/mol. The smallest absolute Gasteiger partial charge is 0.191 e. The average Bonchev–Trinajstić information content (AvgIpc) is 2.48. The highest BCUT2D eigenvalue weighted by atomic mass is 15.2. The van der Waals surface area contributed by atoms with Gasteiger partial charge in [0.25, 0.3) is 0 Å². The predicted molar refractivity (Wildman–Crippen MR) is 98.7 cm³/mol. The Morgan fingerprint density at radius 1 is 0.909 bits per heavy atom. The third-order valence-electron chi connectivity index (χ3n) is 4.05. The number of rotatable bonds is 11. The summed E-state index contributed by atoms with van der Waals surface area (Å²) >= 11 is 0. The van der Waals surface area contributed by atoms with Crippen LogP contribution in [0.2, 0.25) is 0 Å². The fourth-order valence-electron chi connectivity index (χ4n) is 2.69. The predicted octanol–water partition coefficient (Wildman–Crippen LogP) is 2.00. The molecule has 0 aliphatic rings. The molecule has 5 nitrogen and oxygen atoms in total. The van der Waals surface area contributed by atoms with Crippen molar-refractivity contribution in [2.45, 2.75) is 60.0 Å². The van der Waals surface area contributed by atoms with Gasteiger partial charge in [0.1, 0.15) is 0 Å². The van der Waals surface area contributed by atoms with Gasteiger partial charge in [-0.05, 0) is 53.8 Å². The van der Waals surface area contributed by atoms with Gasteiger partial charge in [-0.25, -0.2) is 0 Å². The molecule has 0 saturated carbocycles. The Hall–Kier alpha value is -0.810. The molecular weight excluding hydrogens is 274 g/mol. The first-order chi connectivity index (χ1) is 10.5. The van der Waals surface area contributed by atoms with Crippen LogP contribution < -0.4 is 10.6 Å². The Morgan fingerprint density at radius 2 is 1.45 bits per heavy atom. The highest BCUT2D eigenvalue weighted by Crippen LogP contribution is 2.03. The van der Waals surface area contributed by atoms with Gasteiger partial charge in [0, 0.05) is 38.8 Å². The Bertz CT molecular complexity index is 277. The minimum Gasteiger partial charge on any atom is -0.356 e. The fraction of sp³-hybridized carbons (Fsp3) is 0.941. The quantitative estimate of drug-likeness (QED) is 0.348. The van der Waals surface area contributed by atoms with Crippen LogP contribution in [0.25, 0.3) is 0 Å². The van der Waals surface area contributed by atoms with E-state index in [1.54, 1.807) is 0 Å². The summed E-state index contributed by atoms with van der Waals surface area (Å²) in [6.07, 6.45) is 1.15. The van der Waals surface area contributed by atoms with E-state index < -0.39 is 0 Å². The second kappa shape index (κ2) is 12.7. The van der Waals surface area contributed by atoms with E-state index in [1.807, 2.05) is 7.05 Å². The summed E-state index contributed by atoms with van der Waals surface area (Å²) in [5.41, 5.74) is 0. The molecule has 0 aliphatic heterocycles. The Labute approximate surface area is 138 Å². The van der Waals surface area contributed by atoms with E-state index in [9.17, 15) is 0 Å². The van der Waals surface area contributed by atoms with Crippen LogP contribution in [-0.4, -0.2) is 74.2 Å². The first-order valence-corrected chi connectivity index (χ1v) is 8.88. The second-order valence-electron chi connectivity index (χ2n) is 6.23. The maximum absolute atomic E-state index is 4.29. The fourth-order valence-corrected chi connectivity index (χ4v) is 2.69. The van der Waals surface area contributed by atoms with Crippen molar-refractivity contribution in [3.63, 3.8) is 0 Å². The molecule has 0 saturated heterocycles. The zero-order chi connectivity index (χ0) is 17.0. The number of hydrogen-bond acceptors (Lipinski definition) is 3. The lowest BCUT2D eigenvalue weighted by molar-refractivity contribution is 0.178. The van der Waals surface area contributed by atoms with Crippen LogP contribution in [0, 0.1) is 0 Å². The molecule has 5 heteroatoms. The van der Waals surface area contributed by atoms with Gasteiger partial charge in [0.2, 0.25) is 0 Å². The molecule has 0 rings (SSSR count). The van der Waals surface area contributed by atoms with Crippen molar-refractivity contribution < 1.29 is 0 Å². The van der Waals surface area contributed by atoms with Crippen molar-refractivity contribution in [1.82, 2.24) is 20.4 Å². The lowest BCUT2D eigenvalue weighted by atomic mass is 10.2. The number of guanidine groups is 1. The van der Waals surface area contributed by atoms with Crippen molar-refractivity contribution >= 4 is 5.96 Å². The summed E-state index contributed by atoms with van der Waals surface area (Å²) in [4.78, 5) is 9.23. The number of aliphatic imine (C=N–C) groups is 1. The van der Waals surface area contributed by atoms with Gasteiger partial charge in [-0.2, -0.15) is 0 Å². The van der Waals surface area contributed by atoms with E-state index in [0.29, 0.717) is 12.1 Å². The topological polar surface area (TPSA) is 42.9 Å². The SMILES string of the molecule is CCN(CC)CCCNC(=NC)NCCN(C(C)C)C(C)C. The molecule has 0 heterocycles. The maximum atomic E-state index is 4.29. The normalized spacial score (nSPS) is 12.8. The molecule has 0 atom stereocenters. The van der Waals surface area contributed by atoms with E-state index in [2.05, 4.69) is 67.0 Å². The van der Waals surface area contributed by atoms with Crippen LogP contribution in [0.4, 0.5) is 0 Å². The van der Waals surface area contributed by atoms with Gasteiger partial charge >= 0.3 is 0 Å². The van der Waals surface area contributed by atoms with Crippen molar-refractivity contribution in [2.75, 3.05) is 46.3 Å². The molecule has 0 aromatic rings. The minimum absolute atomic E-state index is 0.575. The lowest BCUT2D eigenvalue weighted by Gasteiger charge is -2.30. The monoisotopic (exact) mass is 313 g/mol. The molecule has 0 fully saturated rings. The zero-order valence-electron chi connectivity index (χ0n) is 15.9. The molecule has 0 aromatic heterocycles. The zero-order valence-corrected chi connectivity index (χ0v) is 15.9. The summed E-state index contributed by atoms with van der Waals surface area (Å²) < 4.78 is 0. The van der Waals surface area contributed by atoms with Gasteiger partial charge in [-0.15, -0.1) is 0 Å². The molecule has 132 valence electrons. The molecule has 0 radical (unpaired) electrons. The second-order valence-corrected chi connectivity index (χ2v) is 6.23. The summed E-state index contributed by atoms with van der Waals surface area (Å²) in [5, 5.41) is 6.81. The molecule has 2 N–H and O–H groups in total. The van der Waals surface area contributed by atoms with Gasteiger partial charge < -0.3 is 15.5 Å². The Morgan fingerprint density at radius 3 is 1.91 bits per heavy atom. The van der Waals surface area contributed by atoms with Gasteiger partial charge in [-0.3, -0.25) is 9.89 Å². The summed E-state index contributed by atoms with van der Waals surface area (Å²) in [6.45, 7) is 19.8. The summed E-state index contributed by atoms with van der Waals surface area (Å²) in [7, 11) is 1.84. The minimum atomic E-state index is 0.575. The lowest BCUT2D eigenvalue weighted by Crippen LogP contribution is -2.45. The van der Waals surface area contributed by atoms with Crippen molar-refractivity contribution in [3.05, 3.63) is 0 Å². The molecule has 0 aromatic carbocycles. The molecule has 22 heavy (non-hydrogen) atoms.